The molecule has 1 saturated heterocycles. The summed E-state index contributed by atoms with van der Waals surface area (Å²) in [5, 5.41) is 3.04. The van der Waals surface area contributed by atoms with E-state index in [1.54, 1.807) is 0 Å². The molecule has 3 nitrogen and oxygen atoms in total. The van der Waals surface area contributed by atoms with E-state index in [9.17, 15) is 4.79 Å². The van der Waals surface area contributed by atoms with Gasteiger partial charge in [-0.1, -0.05) is 20.3 Å². The summed E-state index contributed by atoms with van der Waals surface area (Å²) in [4.78, 5) is 11.9. The second-order valence-corrected chi connectivity index (χ2v) is 5.06. The zero-order chi connectivity index (χ0) is 10.2. The highest BCUT2D eigenvalue weighted by molar-refractivity contribution is 5.82. The summed E-state index contributed by atoms with van der Waals surface area (Å²) in [6.45, 7) is 5.50. The number of amides is 1. The Labute approximate surface area is 85.2 Å². The van der Waals surface area contributed by atoms with Crippen molar-refractivity contribution in [2.45, 2.75) is 39.2 Å². The molecule has 1 heterocycles. The second-order valence-electron chi connectivity index (χ2n) is 5.06. The number of hydrogen-bond donors (Lipinski definition) is 1. The standard InChI is InChI=1S/C11H19NO2/c1-11(2,8-4-3-5-8)10(13)12-9-6-14-7-9/h8-9H,3-7H2,1-2H3,(H,12,13). The molecule has 1 aliphatic carbocycles. The molecule has 0 spiro atoms. The Hall–Kier alpha value is -0.570. The molecule has 14 heavy (non-hydrogen) atoms. The van der Waals surface area contributed by atoms with Crippen LogP contribution in [0.1, 0.15) is 33.1 Å². The molecular weight excluding hydrogens is 178 g/mol. The van der Waals surface area contributed by atoms with Gasteiger partial charge in [-0.05, 0) is 18.8 Å². The van der Waals surface area contributed by atoms with Crippen molar-refractivity contribution in [3.8, 4) is 0 Å². The van der Waals surface area contributed by atoms with Crippen LogP contribution in [0.25, 0.3) is 0 Å². The van der Waals surface area contributed by atoms with E-state index < -0.39 is 0 Å². The minimum Gasteiger partial charge on any atom is -0.377 e. The van der Waals surface area contributed by atoms with Crippen molar-refractivity contribution >= 4 is 5.91 Å². The lowest BCUT2D eigenvalue weighted by Crippen LogP contribution is -2.54. The lowest BCUT2D eigenvalue weighted by atomic mass is 9.67. The molecule has 2 fully saturated rings. The van der Waals surface area contributed by atoms with Gasteiger partial charge in [0.05, 0.1) is 19.3 Å². The molecule has 1 aliphatic heterocycles. The largest absolute Gasteiger partial charge is 0.377 e. The van der Waals surface area contributed by atoms with Gasteiger partial charge in [0.25, 0.3) is 0 Å². The summed E-state index contributed by atoms with van der Waals surface area (Å²) in [6, 6.07) is 0.266. The van der Waals surface area contributed by atoms with Gasteiger partial charge < -0.3 is 10.1 Å². The highest BCUT2D eigenvalue weighted by Gasteiger charge is 2.40. The van der Waals surface area contributed by atoms with Crippen molar-refractivity contribution in [3.63, 3.8) is 0 Å². The van der Waals surface area contributed by atoms with E-state index in [0.29, 0.717) is 19.1 Å². The second kappa shape index (κ2) is 3.54. The van der Waals surface area contributed by atoms with E-state index in [-0.39, 0.29) is 17.4 Å². The average Bonchev–Trinajstić information content (AvgIpc) is 1.91. The Bertz CT molecular complexity index is 229. The molecule has 3 heteroatoms. The predicted octanol–water partition coefficient (Wildman–Crippen LogP) is 1.33. The lowest BCUT2D eigenvalue weighted by Gasteiger charge is -2.40. The van der Waals surface area contributed by atoms with E-state index in [2.05, 4.69) is 19.2 Å². The van der Waals surface area contributed by atoms with Gasteiger partial charge in [-0.25, -0.2) is 0 Å². The quantitative estimate of drug-likeness (QED) is 0.741. The molecule has 2 rings (SSSR count). The van der Waals surface area contributed by atoms with Gasteiger partial charge in [-0.2, -0.15) is 0 Å². The monoisotopic (exact) mass is 197 g/mol. The number of nitrogens with one attached hydrogen (secondary N) is 1. The number of carbonyl (C=O) groups is 1. The van der Waals surface area contributed by atoms with Crippen LogP contribution in [-0.4, -0.2) is 25.2 Å². The van der Waals surface area contributed by atoms with Crippen molar-refractivity contribution < 1.29 is 9.53 Å². The fourth-order valence-corrected chi connectivity index (χ4v) is 2.01. The van der Waals surface area contributed by atoms with Gasteiger partial charge >= 0.3 is 0 Å². The van der Waals surface area contributed by atoms with Crippen LogP contribution < -0.4 is 5.32 Å². The van der Waals surface area contributed by atoms with Crippen molar-refractivity contribution in [1.82, 2.24) is 5.32 Å². The highest BCUT2D eigenvalue weighted by Crippen LogP contribution is 2.41. The van der Waals surface area contributed by atoms with E-state index in [1.807, 2.05) is 0 Å². The molecule has 0 radical (unpaired) electrons. The first kappa shape index (κ1) is 9.97. The molecule has 0 unspecified atom stereocenters. The van der Waals surface area contributed by atoms with Crippen LogP contribution in [0.3, 0.4) is 0 Å². The van der Waals surface area contributed by atoms with Gasteiger partial charge in [0, 0.05) is 5.41 Å². The Morgan fingerprint density at radius 2 is 2.00 bits per heavy atom. The Morgan fingerprint density at radius 3 is 2.36 bits per heavy atom. The van der Waals surface area contributed by atoms with Crippen LogP contribution in [-0.2, 0) is 9.53 Å². The predicted molar refractivity (Wildman–Crippen MR) is 53.9 cm³/mol. The molecule has 2 aliphatic rings. The van der Waals surface area contributed by atoms with E-state index in [1.165, 1.54) is 19.3 Å². The van der Waals surface area contributed by atoms with E-state index in [4.69, 9.17) is 4.74 Å². The Kier molecular flexibility index (Phi) is 2.52. The molecule has 0 atom stereocenters. The van der Waals surface area contributed by atoms with Crippen molar-refractivity contribution in [2.24, 2.45) is 11.3 Å². The Morgan fingerprint density at radius 1 is 1.36 bits per heavy atom. The van der Waals surface area contributed by atoms with E-state index in [0.717, 1.165) is 0 Å². The summed E-state index contributed by atoms with van der Waals surface area (Å²) in [5.74, 6) is 0.791. The SMILES string of the molecule is CC(C)(C(=O)NC1COC1)C1CCC1. The molecule has 0 aromatic rings. The average molecular weight is 197 g/mol. The highest BCUT2D eigenvalue weighted by atomic mass is 16.5. The molecule has 0 aromatic heterocycles. The number of ether oxygens (including phenoxy) is 1. The minimum absolute atomic E-state index is 0.187. The third-order valence-corrected chi connectivity index (χ3v) is 3.68. The van der Waals surface area contributed by atoms with Gasteiger partial charge in [-0.15, -0.1) is 0 Å². The molecule has 0 aromatic carbocycles. The van der Waals surface area contributed by atoms with Crippen LogP contribution in [0, 0.1) is 11.3 Å². The maximum Gasteiger partial charge on any atom is 0.226 e. The zero-order valence-electron chi connectivity index (χ0n) is 9.01. The summed E-state index contributed by atoms with van der Waals surface area (Å²) >= 11 is 0. The molecule has 1 amide bonds. The molecule has 0 bridgehead atoms. The van der Waals surface area contributed by atoms with Crippen molar-refractivity contribution in [1.29, 1.82) is 0 Å². The smallest absolute Gasteiger partial charge is 0.226 e. The maximum absolute atomic E-state index is 11.9. The fourth-order valence-electron chi connectivity index (χ4n) is 2.01. The zero-order valence-corrected chi connectivity index (χ0v) is 9.01. The maximum atomic E-state index is 11.9. The molecule has 1 saturated carbocycles. The molecular formula is C11H19NO2. The molecule has 1 N–H and O–H groups in total. The lowest BCUT2D eigenvalue weighted by molar-refractivity contribution is -0.138. The van der Waals surface area contributed by atoms with Gasteiger partial charge in [0.15, 0.2) is 0 Å². The third kappa shape index (κ3) is 1.65. The summed E-state index contributed by atoms with van der Waals surface area (Å²) in [5.41, 5.74) is -0.187. The first-order valence-electron chi connectivity index (χ1n) is 5.49. The normalized spacial score (nSPS) is 23.9. The first-order chi connectivity index (χ1) is 6.60. The number of carbonyl (C=O) groups excluding carboxylic acids is 1. The fraction of sp³-hybridized carbons (Fsp3) is 0.909. The number of hydrogen-bond acceptors (Lipinski definition) is 2. The molecule has 80 valence electrons. The van der Waals surface area contributed by atoms with Crippen LogP contribution in [0.4, 0.5) is 0 Å². The third-order valence-electron chi connectivity index (χ3n) is 3.68. The summed E-state index contributed by atoms with van der Waals surface area (Å²) < 4.78 is 5.03. The van der Waals surface area contributed by atoms with Crippen LogP contribution in [0.2, 0.25) is 0 Å². The summed E-state index contributed by atoms with van der Waals surface area (Å²) in [6.07, 6.45) is 3.71. The van der Waals surface area contributed by atoms with Gasteiger partial charge in [0.1, 0.15) is 0 Å². The van der Waals surface area contributed by atoms with Gasteiger partial charge in [-0.3, -0.25) is 4.79 Å². The van der Waals surface area contributed by atoms with Crippen molar-refractivity contribution in [2.75, 3.05) is 13.2 Å². The van der Waals surface area contributed by atoms with Gasteiger partial charge in [0.2, 0.25) is 5.91 Å². The number of rotatable bonds is 3. The Balaban J connectivity index is 1.87. The summed E-state index contributed by atoms with van der Waals surface area (Å²) in [7, 11) is 0. The van der Waals surface area contributed by atoms with Crippen molar-refractivity contribution in [3.05, 3.63) is 0 Å². The van der Waals surface area contributed by atoms with Crippen LogP contribution >= 0.6 is 0 Å². The van der Waals surface area contributed by atoms with Crippen LogP contribution in [0.5, 0.6) is 0 Å². The van der Waals surface area contributed by atoms with E-state index >= 15 is 0 Å². The first-order valence-corrected chi connectivity index (χ1v) is 5.49. The van der Waals surface area contributed by atoms with Crippen LogP contribution in [0.15, 0.2) is 0 Å². The topological polar surface area (TPSA) is 38.3 Å². The minimum atomic E-state index is -0.187.